The molecule has 3 nitrogen and oxygen atoms in total. The van der Waals surface area contributed by atoms with E-state index in [9.17, 15) is 4.79 Å². The number of nitrogens with two attached hydrogens (primary N) is 1. The highest BCUT2D eigenvalue weighted by molar-refractivity contribution is 5.77. The van der Waals surface area contributed by atoms with Crippen LogP contribution in [-0.4, -0.2) is 28.9 Å². The Balaban J connectivity index is 2.60. The molecule has 0 atom stereocenters. The van der Waals surface area contributed by atoms with Gasteiger partial charge in [0.25, 0.3) is 0 Å². The van der Waals surface area contributed by atoms with Gasteiger partial charge in [-0.3, -0.25) is 4.79 Å². The minimum absolute atomic E-state index is 0.237. The highest BCUT2D eigenvalue weighted by Gasteiger charge is 2.32. The molecule has 1 aliphatic rings. The van der Waals surface area contributed by atoms with Gasteiger partial charge in [-0.15, -0.1) is 0 Å². The summed E-state index contributed by atoms with van der Waals surface area (Å²) in [6, 6.07) is 0.270. The van der Waals surface area contributed by atoms with Gasteiger partial charge in [-0.05, 0) is 32.6 Å². The Morgan fingerprint density at radius 2 is 1.72 bits per heavy atom. The summed E-state index contributed by atoms with van der Waals surface area (Å²) in [6.07, 6.45) is 6.16. The molecule has 1 aliphatic carbocycles. The molecular weight excluding hydrogens is 224 g/mol. The third-order valence-corrected chi connectivity index (χ3v) is 3.86. The highest BCUT2D eigenvalue weighted by Crippen LogP contribution is 2.29. The van der Waals surface area contributed by atoms with Crippen molar-refractivity contribution in [1.82, 2.24) is 4.90 Å². The van der Waals surface area contributed by atoms with Crippen LogP contribution in [0.4, 0.5) is 0 Å². The molecule has 1 amide bonds. The van der Waals surface area contributed by atoms with Crippen LogP contribution in [0.3, 0.4) is 0 Å². The van der Waals surface area contributed by atoms with Crippen LogP contribution >= 0.6 is 0 Å². The molecule has 1 saturated carbocycles. The van der Waals surface area contributed by atoms with E-state index in [2.05, 4.69) is 27.7 Å². The first-order valence-corrected chi connectivity index (χ1v) is 7.42. The Morgan fingerprint density at radius 1 is 1.17 bits per heavy atom. The Hall–Kier alpha value is -0.570. The summed E-state index contributed by atoms with van der Waals surface area (Å²) in [5.41, 5.74) is 6.14. The van der Waals surface area contributed by atoms with E-state index in [4.69, 9.17) is 5.73 Å². The molecule has 106 valence electrons. The lowest BCUT2D eigenvalue weighted by atomic mass is 9.80. The van der Waals surface area contributed by atoms with Crippen molar-refractivity contribution in [2.75, 3.05) is 6.54 Å². The van der Waals surface area contributed by atoms with Gasteiger partial charge >= 0.3 is 0 Å². The van der Waals surface area contributed by atoms with Crippen LogP contribution in [0.1, 0.15) is 66.2 Å². The lowest BCUT2D eigenvalue weighted by Gasteiger charge is -2.36. The molecule has 2 N–H and O–H groups in total. The molecule has 3 heteroatoms. The Morgan fingerprint density at radius 3 is 2.17 bits per heavy atom. The zero-order valence-corrected chi connectivity index (χ0v) is 12.5. The standard InChI is InChI=1S/C15H30N2O/c1-12(2)11-17(13(3)4)14(18)10-15(16)8-6-5-7-9-15/h12-13H,5-11,16H2,1-4H3. The number of nitrogens with zero attached hydrogens (tertiary/aromatic N) is 1. The van der Waals surface area contributed by atoms with Gasteiger partial charge in [0.1, 0.15) is 0 Å². The third-order valence-electron chi connectivity index (χ3n) is 3.86. The van der Waals surface area contributed by atoms with E-state index in [-0.39, 0.29) is 17.5 Å². The first-order valence-electron chi connectivity index (χ1n) is 7.42. The predicted molar refractivity (Wildman–Crippen MR) is 76.3 cm³/mol. The smallest absolute Gasteiger partial charge is 0.224 e. The van der Waals surface area contributed by atoms with Crippen LogP contribution in [0.15, 0.2) is 0 Å². The number of hydrogen-bond donors (Lipinski definition) is 1. The van der Waals surface area contributed by atoms with E-state index < -0.39 is 0 Å². The summed E-state index contributed by atoms with van der Waals surface area (Å²) in [6.45, 7) is 9.32. The van der Waals surface area contributed by atoms with E-state index in [1.807, 2.05) is 4.90 Å². The lowest BCUT2D eigenvalue weighted by Crippen LogP contribution is -2.49. The minimum atomic E-state index is -0.237. The van der Waals surface area contributed by atoms with E-state index in [1.54, 1.807) is 0 Å². The van der Waals surface area contributed by atoms with Crippen LogP contribution in [0, 0.1) is 5.92 Å². The average molecular weight is 254 g/mol. The van der Waals surface area contributed by atoms with Crippen molar-refractivity contribution in [1.29, 1.82) is 0 Å². The molecule has 0 aromatic rings. The molecule has 0 aromatic heterocycles. The summed E-state index contributed by atoms with van der Waals surface area (Å²) < 4.78 is 0. The van der Waals surface area contributed by atoms with Crippen molar-refractivity contribution in [2.24, 2.45) is 11.7 Å². The molecule has 18 heavy (non-hydrogen) atoms. The number of carbonyl (C=O) groups is 1. The summed E-state index contributed by atoms with van der Waals surface area (Å²) in [5, 5.41) is 0. The molecule has 0 bridgehead atoms. The topological polar surface area (TPSA) is 46.3 Å². The number of rotatable bonds is 5. The van der Waals surface area contributed by atoms with Crippen molar-refractivity contribution < 1.29 is 4.79 Å². The molecule has 0 aromatic carbocycles. The van der Waals surface area contributed by atoms with E-state index in [0.29, 0.717) is 12.3 Å². The maximum absolute atomic E-state index is 12.4. The second-order valence-corrected chi connectivity index (χ2v) is 6.63. The zero-order chi connectivity index (χ0) is 13.8. The number of amides is 1. The maximum Gasteiger partial charge on any atom is 0.224 e. The summed E-state index contributed by atoms with van der Waals surface area (Å²) >= 11 is 0. The van der Waals surface area contributed by atoms with E-state index in [0.717, 1.165) is 19.4 Å². The van der Waals surface area contributed by atoms with Crippen LogP contribution in [0.5, 0.6) is 0 Å². The fraction of sp³-hybridized carbons (Fsp3) is 0.933. The predicted octanol–water partition coefficient (Wildman–Crippen LogP) is 2.93. The van der Waals surface area contributed by atoms with Gasteiger partial charge in [0.05, 0.1) is 0 Å². The van der Waals surface area contributed by atoms with Gasteiger partial charge in [-0.2, -0.15) is 0 Å². The van der Waals surface area contributed by atoms with Gasteiger partial charge in [-0.25, -0.2) is 0 Å². The molecule has 0 heterocycles. The van der Waals surface area contributed by atoms with Crippen molar-refractivity contribution in [3.8, 4) is 0 Å². The van der Waals surface area contributed by atoms with Crippen molar-refractivity contribution in [2.45, 2.75) is 77.8 Å². The van der Waals surface area contributed by atoms with Crippen LogP contribution < -0.4 is 5.73 Å². The average Bonchev–Trinajstić information content (AvgIpc) is 2.25. The molecule has 0 spiro atoms. The Kier molecular flexibility index (Phi) is 5.64. The summed E-state index contributed by atoms with van der Waals surface area (Å²) in [7, 11) is 0. The minimum Gasteiger partial charge on any atom is -0.340 e. The quantitative estimate of drug-likeness (QED) is 0.820. The van der Waals surface area contributed by atoms with Crippen LogP contribution in [-0.2, 0) is 4.79 Å². The normalized spacial score (nSPS) is 19.3. The second kappa shape index (κ2) is 6.55. The molecule has 0 saturated heterocycles. The van der Waals surface area contributed by atoms with Gasteiger partial charge in [0, 0.05) is 24.5 Å². The lowest BCUT2D eigenvalue weighted by molar-refractivity contribution is -0.135. The zero-order valence-electron chi connectivity index (χ0n) is 12.5. The second-order valence-electron chi connectivity index (χ2n) is 6.63. The first kappa shape index (κ1) is 15.5. The van der Waals surface area contributed by atoms with E-state index >= 15 is 0 Å². The first-order chi connectivity index (χ1) is 8.34. The number of hydrogen-bond acceptors (Lipinski definition) is 2. The molecular formula is C15H30N2O. The van der Waals surface area contributed by atoms with E-state index in [1.165, 1.54) is 19.3 Å². The fourth-order valence-electron chi connectivity index (χ4n) is 2.83. The van der Waals surface area contributed by atoms with Crippen molar-refractivity contribution in [3.05, 3.63) is 0 Å². The largest absolute Gasteiger partial charge is 0.340 e. The molecule has 1 rings (SSSR count). The van der Waals surface area contributed by atoms with Gasteiger partial charge in [0.15, 0.2) is 0 Å². The summed E-state index contributed by atoms with van der Waals surface area (Å²) in [5.74, 6) is 0.750. The monoisotopic (exact) mass is 254 g/mol. The molecule has 0 unspecified atom stereocenters. The molecule has 1 fully saturated rings. The Bertz CT molecular complexity index is 268. The highest BCUT2D eigenvalue weighted by atomic mass is 16.2. The maximum atomic E-state index is 12.4. The van der Waals surface area contributed by atoms with Gasteiger partial charge < -0.3 is 10.6 Å². The molecule has 0 radical (unpaired) electrons. The molecule has 0 aliphatic heterocycles. The third kappa shape index (κ3) is 4.60. The van der Waals surface area contributed by atoms with Crippen molar-refractivity contribution in [3.63, 3.8) is 0 Å². The van der Waals surface area contributed by atoms with Gasteiger partial charge in [-0.1, -0.05) is 33.1 Å². The van der Waals surface area contributed by atoms with Gasteiger partial charge in [0.2, 0.25) is 5.91 Å². The number of carbonyl (C=O) groups excluding carboxylic acids is 1. The summed E-state index contributed by atoms with van der Waals surface area (Å²) in [4.78, 5) is 14.4. The fourth-order valence-corrected chi connectivity index (χ4v) is 2.83. The SMILES string of the molecule is CC(C)CN(C(=O)CC1(N)CCCCC1)C(C)C. The van der Waals surface area contributed by atoms with Crippen molar-refractivity contribution >= 4 is 5.91 Å². The van der Waals surface area contributed by atoms with Crippen LogP contribution in [0.25, 0.3) is 0 Å². The van der Waals surface area contributed by atoms with Crippen LogP contribution in [0.2, 0.25) is 0 Å². The Labute approximate surface area is 112 Å².